The lowest BCUT2D eigenvalue weighted by Crippen LogP contribution is -2.68. The zero-order chi connectivity index (χ0) is 32.0. The first kappa shape index (κ1) is 36.7. The smallest absolute Gasteiger partial charge is 0.456 e. The minimum atomic E-state index is -2.49. The molecule has 1 aliphatic rings. The number of hydrogen-bond acceptors (Lipinski definition) is 9. The Balaban J connectivity index is 2.42. The van der Waals surface area contributed by atoms with Gasteiger partial charge in [0.2, 0.25) is 5.91 Å². The van der Waals surface area contributed by atoms with Crippen molar-refractivity contribution in [3.63, 3.8) is 0 Å². The van der Waals surface area contributed by atoms with E-state index in [4.69, 9.17) is 23.4 Å². The summed E-state index contributed by atoms with van der Waals surface area (Å²) < 4.78 is 29.8. The third-order valence-electron chi connectivity index (χ3n) is 8.06. The number of esters is 1. The summed E-state index contributed by atoms with van der Waals surface area (Å²) in [6, 6.07) is 8.12. The Labute approximate surface area is 258 Å². The molecule has 0 aromatic heterocycles. The lowest BCUT2D eigenvalue weighted by molar-refractivity contribution is -0.255. The molecule has 1 fully saturated rings. The predicted octanol–water partition coefficient (Wildman–Crippen LogP) is 6.00. The van der Waals surface area contributed by atoms with Gasteiger partial charge in [-0.25, -0.2) is 4.79 Å². The Kier molecular flexibility index (Phi) is 15.1. The molecule has 2 rings (SSSR count). The third-order valence-corrected chi connectivity index (χ3v) is 12.5. The Morgan fingerprint density at radius 1 is 0.930 bits per heavy atom. The van der Waals surface area contributed by atoms with Gasteiger partial charge in [-0.1, -0.05) is 90.6 Å². The highest BCUT2D eigenvalue weighted by molar-refractivity contribution is 6.74. The van der Waals surface area contributed by atoms with Crippen LogP contribution in [0.3, 0.4) is 0 Å². The first-order valence-electron chi connectivity index (χ1n) is 15.6. The van der Waals surface area contributed by atoms with Gasteiger partial charge in [0.05, 0.1) is 6.61 Å². The molecule has 11 heteroatoms. The van der Waals surface area contributed by atoms with Crippen LogP contribution in [-0.2, 0) is 39.6 Å². The van der Waals surface area contributed by atoms with Crippen molar-refractivity contribution in [3.8, 4) is 0 Å². The Morgan fingerprint density at radius 2 is 1.56 bits per heavy atom. The molecule has 10 nitrogen and oxygen atoms in total. The maximum Gasteiger partial charge on any atom is 0.509 e. The van der Waals surface area contributed by atoms with Crippen LogP contribution in [-0.4, -0.2) is 68.7 Å². The molecule has 5 atom stereocenters. The van der Waals surface area contributed by atoms with Crippen LogP contribution in [0.1, 0.15) is 91.5 Å². The van der Waals surface area contributed by atoms with Crippen LogP contribution < -0.4 is 5.32 Å². The molecule has 43 heavy (non-hydrogen) atoms. The second kappa shape index (κ2) is 17.7. The van der Waals surface area contributed by atoms with Crippen molar-refractivity contribution in [1.29, 1.82) is 0 Å². The van der Waals surface area contributed by atoms with E-state index >= 15 is 0 Å². The number of ether oxygens (including phenoxy) is 4. The van der Waals surface area contributed by atoms with Gasteiger partial charge >= 0.3 is 12.1 Å². The number of carbonyl (C=O) groups excluding carboxylic acids is 3. The zero-order valence-corrected chi connectivity index (χ0v) is 28.1. The van der Waals surface area contributed by atoms with Gasteiger partial charge in [0.25, 0.3) is 0 Å². The number of carbonyl (C=O) groups is 3. The number of benzene rings is 1. The SMILES string of the molecule is CCCCCC(=O)N[C@H]1[C@H](O[Si](C)(C)C(C)(C)C)O[C@H](CO)[C@@H](OC(=O)OCc2ccccc2)[C@@H]1OC(=O)CCCCC. The number of hydrogen-bond donors (Lipinski definition) is 2. The minimum absolute atomic E-state index is 0.0345. The van der Waals surface area contributed by atoms with E-state index in [1.54, 1.807) is 12.1 Å². The summed E-state index contributed by atoms with van der Waals surface area (Å²) in [5.74, 6) is -0.759. The Bertz CT molecular complexity index is 998. The largest absolute Gasteiger partial charge is 0.509 e. The zero-order valence-electron chi connectivity index (χ0n) is 27.1. The number of rotatable bonds is 16. The van der Waals surface area contributed by atoms with Crippen molar-refractivity contribution in [2.45, 2.75) is 141 Å². The van der Waals surface area contributed by atoms with Gasteiger partial charge < -0.3 is 33.8 Å². The van der Waals surface area contributed by atoms with E-state index in [0.29, 0.717) is 12.8 Å². The molecule has 1 aromatic rings. The van der Waals surface area contributed by atoms with E-state index in [0.717, 1.165) is 31.2 Å². The van der Waals surface area contributed by atoms with E-state index in [1.165, 1.54) is 0 Å². The monoisotopic (exact) mass is 623 g/mol. The van der Waals surface area contributed by atoms with Gasteiger partial charge in [0.1, 0.15) is 18.8 Å². The molecule has 1 heterocycles. The van der Waals surface area contributed by atoms with Gasteiger partial charge in [-0.15, -0.1) is 0 Å². The summed E-state index contributed by atoms with van der Waals surface area (Å²) in [5, 5.41) is 13.1. The van der Waals surface area contributed by atoms with Crippen LogP contribution in [0.4, 0.5) is 4.79 Å². The van der Waals surface area contributed by atoms with Gasteiger partial charge in [-0.05, 0) is 36.5 Å². The molecule has 1 saturated heterocycles. The van der Waals surface area contributed by atoms with Gasteiger partial charge in [-0.2, -0.15) is 0 Å². The first-order valence-corrected chi connectivity index (χ1v) is 18.5. The molecule has 1 aliphatic heterocycles. The summed E-state index contributed by atoms with van der Waals surface area (Å²) in [6.07, 6.45) is -0.250. The van der Waals surface area contributed by atoms with Crippen LogP contribution in [0.15, 0.2) is 30.3 Å². The number of aliphatic hydroxyl groups is 1. The molecule has 0 unspecified atom stereocenters. The normalized spacial score (nSPS) is 22.5. The van der Waals surface area contributed by atoms with E-state index in [9.17, 15) is 19.5 Å². The number of amides is 1. The maximum absolute atomic E-state index is 13.1. The summed E-state index contributed by atoms with van der Waals surface area (Å²) in [7, 11) is -2.49. The predicted molar refractivity (Wildman–Crippen MR) is 166 cm³/mol. The molecule has 0 bridgehead atoms. The van der Waals surface area contributed by atoms with Gasteiger partial charge in [0, 0.05) is 12.8 Å². The molecule has 0 saturated carbocycles. The van der Waals surface area contributed by atoms with E-state index in [2.05, 4.69) is 33.0 Å². The molecule has 0 spiro atoms. The molecule has 244 valence electrons. The molecule has 0 radical (unpaired) electrons. The highest BCUT2D eigenvalue weighted by Crippen LogP contribution is 2.39. The fraction of sp³-hybridized carbons (Fsp3) is 0.719. The minimum Gasteiger partial charge on any atom is -0.456 e. The topological polar surface area (TPSA) is 130 Å². The van der Waals surface area contributed by atoms with E-state index < -0.39 is 57.7 Å². The van der Waals surface area contributed by atoms with Crippen molar-refractivity contribution in [2.24, 2.45) is 0 Å². The van der Waals surface area contributed by atoms with Crippen molar-refractivity contribution >= 4 is 26.3 Å². The standard InChI is InChI=1S/C32H53NO9Si/c1-8-10-13-19-25(35)33-27-29(40-26(36)20-14-11-9-2)28(41-31(37)38-22-23-17-15-12-16-18-23)24(21-34)39-30(27)42-43(6,7)32(3,4)5/h12,15-18,24,27-30,34H,8-11,13-14,19-22H2,1-7H3,(H,33,35)/t24-,27-,28-,29-,30+/m1/s1. The van der Waals surface area contributed by atoms with Crippen LogP contribution in [0.5, 0.6) is 0 Å². The number of unbranched alkanes of at least 4 members (excludes halogenated alkanes) is 4. The Morgan fingerprint density at radius 3 is 2.14 bits per heavy atom. The summed E-state index contributed by atoms with van der Waals surface area (Å²) >= 11 is 0. The van der Waals surface area contributed by atoms with Crippen LogP contribution >= 0.6 is 0 Å². The number of nitrogens with one attached hydrogen (secondary N) is 1. The average Bonchev–Trinajstić information content (AvgIpc) is 2.94. The van der Waals surface area contributed by atoms with Gasteiger partial charge in [0.15, 0.2) is 26.8 Å². The van der Waals surface area contributed by atoms with Crippen LogP contribution in [0, 0.1) is 0 Å². The molecule has 0 aliphatic carbocycles. The third kappa shape index (κ3) is 11.9. The molecular formula is C32H53NO9Si. The molecule has 1 aromatic carbocycles. The molecule has 1 amide bonds. The fourth-order valence-corrected chi connectivity index (χ4v) is 5.58. The van der Waals surface area contributed by atoms with Crippen molar-refractivity contribution in [3.05, 3.63) is 35.9 Å². The van der Waals surface area contributed by atoms with Crippen LogP contribution in [0.2, 0.25) is 18.1 Å². The fourth-order valence-electron chi connectivity index (χ4n) is 4.44. The first-order chi connectivity index (χ1) is 20.3. The van der Waals surface area contributed by atoms with E-state index in [1.807, 2.05) is 38.2 Å². The average molecular weight is 624 g/mol. The maximum atomic E-state index is 13.1. The lowest BCUT2D eigenvalue weighted by Gasteiger charge is -2.48. The van der Waals surface area contributed by atoms with Crippen molar-refractivity contribution in [1.82, 2.24) is 5.32 Å². The second-order valence-corrected chi connectivity index (χ2v) is 17.4. The number of aliphatic hydroxyl groups excluding tert-OH is 1. The van der Waals surface area contributed by atoms with Crippen LogP contribution in [0.25, 0.3) is 0 Å². The summed E-state index contributed by atoms with van der Waals surface area (Å²) in [5.41, 5.74) is 0.761. The summed E-state index contributed by atoms with van der Waals surface area (Å²) in [6.45, 7) is 13.8. The van der Waals surface area contributed by atoms with Gasteiger partial charge in [-0.3, -0.25) is 9.59 Å². The molecular weight excluding hydrogens is 570 g/mol. The van der Waals surface area contributed by atoms with E-state index in [-0.39, 0.29) is 30.4 Å². The highest BCUT2D eigenvalue weighted by Gasteiger charge is 2.53. The second-order valence-electron chi connectivity index (χ2n) is 12.7. The lowest BCUT2D eigenvalue weighted by atomic mass is 9.96. The molecule has 2 N–H and O–H groups in total. The van der Waals surface area contributed by atoms with Crippen molar-refractivity contribution in [2.75, 3.05) is 6.61 Å². The van der Waals surface area contributed by atoms with Crippen molar-refractivity contribution < 1.29 is 42.9 Å². The Hall–Kier alpha value is -2.47. The highest BCUT2D eigenvalue weighted by atomic mass is 28.4. The quantitative estimate of drug-likeness (QED) is 0.129. The summed E-state index contributed by atoms with van der Waals surface area (Å²) in [4.78, 5) is 39.1.